The quantitative estimate of drug-likeness (QED) is 0.876. The number of rotatable bonds is 4. The van der Waals surface area contributed by atoms with E-state index in [4.69, 9.17) is 4.74 Å². The fourth-order valence-electron chi connectivity index (χ4n) is 2.00. The Morgan fingerprint density at radius 2 is 1.91 bits per heavy atom. The summed E-state index contributed by atoms with van der Waals surface area (Å²) in [6.45, 7) is 8.57. The molecule has 0 spiro atoms. The summed E-state index contributed by atoms with van der Waals surface area (Å²) in [4.78, 5) is 11.6. The lowest BCUT2D eigenvalue weighted by atomic mass is 9.92. The van der Waals surface area contributed by atoms with E-state index in [2.05, 4.69) is 31.2 Å². The van der Waals surface area contributed by atoms with Crippen molar-refractivity contribution in [1.82, 2.24) is 9.78 Å². The predicted molar refractivity (Wildman–Crippen MR) is 87.6 cm³/mol. The molecular weight excluding hydrogens is 278 g/mol. The Morgan fingerprint density at radius 1 is 1.27 bits per heavy atom. The summed E-state index contributed by atoms with van der Waals surface area (Å²) in [6, 6.07) is 9.26. The number of esters is 1. The number of anilines is 2. The first kappa shape index (κ1) is 16.1. The van der Waals surface area contributed by atoms with Gasteiger partial charge in [0.15, 0.2) is 0 Å². The lowest BCUT2D eigenvalue weighted by molar-refractivity contribution is 0.0526. The molecule has 0 radical (unpaired) electrons. The minimum absolute atomic E-state index is 0.00541. The highest BCUT2D eigenvalue weighted by atomic mass is 16.5. The molecule has 1 N–H and O–H groups in total. The van der Waals surface area contributed by atoms with Gasteiger partial charge in [-0.15, -0.1) is 0 Å². The molecule has 5 nitrogen and oxygen atoms in total. The van der Waals surface area contributed by atoms with Gasteiger partial charge in [0.25, 0.3) is 0 Å². The first-order chi connectivity index (χ1) is 10.3. The largest absolute Gasteiger partial charge is 0.462 e. The zero-order valence-corrected chi connectivity index (χ0v) is 13.8. The number of aromatic nitrogens is 2. The van der Waals surface area contributed by atoms with Crippen LogP contribution in [-0.2, 0) is 17.2 Å². The predicted octanol–water partition coefficient (Wildman–Crippen LogP) is 3.64. The summed E-state index contributed by atoms with van der Waals surface area (Å²) in [5.74, 6) is 0.610. The molecule has 2 rings (SSSR count). The highest BCUT2D eigenvalue weighted by Crippen LogP contribution is 2.25. The van der Waals surface area contributed by atoms with Crippen LogP contribution in [0.4, 0.5) is 11.5 Å². The Labute approximate surface area is 131 Å². The molecule has 118 valence electrons. The van der Waals surface area contributed by atoms with Gasteiger partial charge < -0.3 is 10.1 Å². The van der Waals surface area contributed by atoms with Gasteiger partial charge in [-0.05, 0) is 31.2 Å². The Morgan fingerprint density at radius 3 is 2.41 bits per heavy atom. The van der Waals surface area contributed by atoms with E-state index >= 15 is 0 Å². The monoisotopic (exact) mass is 301 g/mol. The maximum atomic E-state index is 11.6. The van der Waals surface area contributed by atoms with Crippen LogP contribution in [0.3, 0.4) is 0 Å². The number of hydrogen-bond acceptors (Lipinski definition) is 4. The molecule has 0 bridgehead atoms. The van der Waals surface area contributed by atoms with Crippen LogP contribution in [0, 0.1) is 0 Å². The molecule has 22 heavy (non-hydrogen) atoms. The lowest BCUT2D eigenvalue weighted by Crippen LogP contribution is -2.12. The molecule has 0 amide bonds. The molecule has 0 unspecified atom stereocenters. The highest BCUT2D eigenvalue weighted by molar-refractivity contribution is 5.89. The Balaban J connectivity index is 2.14. The van der Waals surface area contributed by atoms with Crippen molar-refractivity contribution in [3.8, 4) is 0 Å². The summed E-state index contributed by atoms with van der Waals surface area (Å²) in [5.41, 5.74) is 2.48. The average Bonchev–Trinajstić information content (AvgIpc) is 2.81. The second kappa shape index (κ2) is 6.22. The van der Waals surface area contributed by atoms with Crippen molar-refractivity contribution in [3.63, 3.8) is 0 Å². The van der Waals surface area contributed by atoms with Crippen LogP contribution in [0.5, 0.6) is 0 Å². The molecule has 0 saturated carbocycles. The number of ether oxygens (including phenoxy) is 1. The molecular formula is C17H23N3O2. The third-order valence-corrected chi connectivity index (χ3v) is 3.32. The zero-order chi connectivity index (χ0) is 16.3. The molecule has 0 atom stereocenters. The summed E-state index contributed by atoms with van der Waals surface area (Å²) in [5, 5.41) is 7.84. The van der Waals surface area contributed by atoms with Crippen LogP contribution in [-0.4, -0.2) is 22.4 Å². The Hall–Kier alpha value is -2.30. The maximum absolute atomic E-state index is 11.6. The second-order valence-electron chi connectivity index (χ2n) is 6.21. The fraction of sp³-hybridized carbons (Fsp3) is 0.412. The van der Waals surface area contributed by atoms with Crippen LogP contribution < -0.4 is 5.32 Å². The lowest BCUT2D eigenvalue weighted by Gasteiger charge is -2.13. The smallest absolute Gasteiger partial charge is 0.338 e. The van der Waals surface area contributed by atoms with Gasteiger partial charge in [-0.25, -0.2) is 4.79 Å². The number of carbonyl (C=O) groups excluding carboxylic acids is 1. The number of aryl methyl sites for hydroxylation is 1. The number of hydrogen-bond donors (Lipinski definition) is 1. The van der Waals surface area contributed by atoms with Gasteiger partial charge in [0, 0.05) is 24.2 Å². The van der Waals surface area contributed by atoms with Crippen LogP contribution in [0.2, 0.25) is 0 Å². The molecule has 0 fully saturated rings. The van der Waals surface area contributed by atoms with E-state index in [1.807, 2.05) is 29.9 Å². The number of nitrogens with one attached hydrogen (secondary N) is 1. The molecule has 5 heteroatoms. The van der Waals surface area contributed by atoms with Gasteiger partial charge in [0.1, 0.15) is 5.82 Å². The van der Waals surface area contributed by atoms with Crippen molar-refractivity contribution < 1.29 is 9.53 Å². The molecule has 1 heterocycles. The first-order valence-electron chi connectivity index (χ1n) is 7.40. The summed E-state index contributed by atoms with van der Waals surface area (Å²) >= 11 is 0. The van der Waals surface area contributed by atoms with Gasteiger partial charge >= 0.3 is 5.97 Å². The molecule has 1 aromatic heterocycles. The van der Waals surface area contributed by atoms with E-state index in [1.54, 1.807) is 19.1 Å². The van der Waals surface area contributed by atoms with Gasteiger partial charge in [-0.2, -0.15) is 5.10 Å². The Bertz CT molecular complexity index is 652. The maximum Gasteiger partial charge on any atom is 0.338 e. The van der Waals surface area contributed by atoms with Crippen LogP contribution >= 0.6 is 0 Å². The Kier molecular flexibility index (Phi) is 4.54. The van der Waals surface area contributed by atoms with E-state index < -0.39 is 0 Å². The SMILES string of the molecule is CCOC(=O)c1ccc(Nc2cc(C(C)(C)C)nn2C)cc1. The van der Waals surface area contributed by atoms with Gasteiger partial charge in [-0.1, -0.05) is 20.8 Å². The van der Waals surface area contributed by atoms with Crippen molar-refractivity contribution in [2.45, 2.75) is 33.1 Å². The van der Waals surface area contributed by atoms with Crippen molar-refractivity contribution in [1.29, 1.82) is 0 Å². The van der Waals surface area contributed by atoms with E-state index in [1.165, 1.54) is 0 Å². The van der Waals surface area contributed by atoms with Crippen molar-refractivity contribution >= 4 is 17.5 Å². The molecule has 0 aliphatic carbocycles. The minimum atomic E-state index is -0.301. The number of carbonyl (C=O) groups is 1. The molecule has 2 aromatic rings. The van der Waals surface area contributed by atoms with Crippen molar-refractivity contribution in [3.05, 3.63) is 41.6 Å². The van der Waals surface area contributed by atoms with Crippen LogP contribution in [0.25, 0.3) is 0 Å². The van der Waals surface area contributed by atoms with Crippen molar-refractivity contribution in [2.75, 3.05) is 11.9 Å². The van der Waals surface area contributed by atoms with E-state index in [0.717, 1.165) is 17.2 Å². The first-order valence-corrected chi connectivity index (χ1v) is 7.40. The van der Waals surface area contributed by atoms with Gasteiger partial charge in [0.05, 0.1) is 17.9 Å². The molecule has 1 aromatic carbocycles. The third-order valence-electron chi connectivity index (χ3n) is 3.32. The second-order valence-corrected chi connectivity index (χ2v) is 6.21. The van der Waals surface area contributed by atoms with Crippen molar-refractivity contribution in [2.24, 2.45) is 7.05 Å². The zero-order valence-electron chi connectivity index (χ0n) is 13.8. The standard InChI is InChI=1S/C17H23N3O2/c1-6-22-16(21)12-7-9-13(10-8-12)18-15-11-14(17(2,3)4)19-20(15)5/h7-11,18H,6H2,1-5H3. The van der Waals surface area contributed by atoms with Gasteiger partial charge in [0.2, 0.25) is 0 Å². The van der Waals surface area contributed by atoms with E-state index in [0.29, 0.717) is 12.2 Å². The third kappa shape index (κ3) is 3.67. The molecule has 0 saturated heterocycles. The number of nitrogens with zero attached hydrogens (tertiary/aromatic N) is 2. The normalized spacial score (nSPS) is 11.3. The minimum Gasteiger partial charge on any atom is -0.462 e. The summed E-state index contributed by atoms with van der Waals surface area (Å²) < 4.78 is 6.79. The summed E-state index contributed by atoms with van der Waals surface area (Å²) in [7, 11) is 1.91. The average molecular weight is 301 g/mol. The molecule has 0 aliphatic heterocycles. The highest BCUT2D eigenvalue weighted by Gasteiger charge is 2.19. The number of benzene rings is 1. The van der Waals surface area contributed by atoms with Crippen LogP contribution in [0.1, 0.15) is 43.7 Å². The summed E-state index contributed by atoms with van der Waals surface area (Å²) in [6.07, 6.45) is 0. The fourth-order valence-corrected chi connectivity index (χ4v) is 2.00. The van der Waals surface area contributed by atoms with Crippen LogP contribution in [0.15, 0.2) is 30.3 Å². The molecule has 0 aliphatic rings. The van der Waals surface area contributed by atoms with E-state index in [-0.39, 0.29) is 11.4 Å². The van der Waals surface area contributed by atoms with E-state index in [9.17, 15) is 4.79 Å². The van der Waals surface area contributed by atoms with Gasteiger partial charge in [-0.3, -0.25) is 4.68 Å². The topological polar surface area (TPSA) is 56.1 Å².